The molecule has 2 saturated heterocycles. The van der Waals surface area contributed by atoms with E-state index < -0.39 is 0 Å². The van der Waals surface area contributed by atoms with Crippen LogP contribution < -0.4 is 14.8 Å². The molecule has 0 bridgehead atoms. The first kappa shape index (κ1) is 23.1. The second-order valence-corrected chi connectivity index (χ2v) is 8.13. The molecule has 9 heteroatoms. The van der Waals surface area contributed by atoms with E-state index in [-0.39, 0.29) is 24.5 Å². The van der Waals surface area contributed by atoms with Gasteiger partial charge in [0.2, 0.25) is 0 Å². The maximum absolute atomic E-state index is 12.9. The van der Waals surface area contributed by atoms with Crippen molar-refractivity contribution in [2.75, 3.05) is 59.7 Å². The monoisotopic (exact) mass is 457 g/mol. The number of rotatable bonds is 9. The molecule has 1 atom stereocenters. The summed E-state index contributed by atoms with van der Waals surface area (Å²) in [6.45, 7) is 4.54. The van der Waals surface area contributed by atoms with Crippen LogP contribution >= 0.6 is 0 Å². The van der Waals surface area contributed by atoms with E-state index in [2.05, 4.69) is 10.2 Å². The van der Waals surface area contributed by atoms with Crippen molar-refractivity contribution in [3.8, 4) is 11.5 Å². The number of hydrogen-bond acceptors (Lipinski definition) is 7. The molecule has 0 radical (unpaired) electrons. The third kappa shape index (κ3) is 5.85. The van der Waals surface area contributed by atoms with Crippen molar-refractivity contribution < 1.29 is 28.2 Å². The zero-order valence-electron chi connectivity index (χ0n) is 19.0. The molecule has 33 heavy (non-hydrogen) atoms. The zero-order valence-corrected chi connectivity index (χ0v) is 19.0. The van der Waals surface area contributed by atoms with Gasteiger partial charge in [-0.05, 0) is 56.3 Å². The smallest absolute Gasteiger partial charge is 0.260 e. The van der Waals surface area contributed by atoms with Crippen LogP contribution in [0.2, 0.25) is 0 Å². The number of nitrogens with zero attached hydrogens (tertiary/aromatic N) is 2. The fraction of sp³-hybridized carbons (Fsp3) is 0.500. The number of nitrogens with one attached hydrogen (secondary N) is 1. The van der Waals surface area contributed by atoms with Gasteiger partial charge in [-0.2, -0.15) is 0 Å². The molecule has 3 heterocycles. The SMILES string of the molecule is COc1cc(C(=O)NC[C@H](c2ccco2)N2CCCC2)ccc1OCC(=O)N1CCOCC1. The van der Waals surface area contributed by atoms with E-state index in [0.29, 0.717) is 49.9 Å². The van der Waals surface area contributed by atoms with Gasteiger partial charge in [0.15, 0.2) is 18.1 Å². The Morgan fingerprint density at radius 1 is 1.09 bits per heavy atom. The maximum atomic E-state index is 12.9. The molecule has 178 valence electrons. The van der Waals surface area contributed by atoms with Crippen molar-refractivity contribution in [2.45, 2.75) is 18.9 Å². The number of carbonyl (C=O) groups excluding carboxylic acids is 2. The molecular weight excluding hydrogens is 426 g/mol. The van der Waals surface area contributed by atoms with Crippen LogP contribution in [0.3, 0.4) is 0 Å². The van der Waals surface area contributed by atoms with E-state index in [9.17, 15) is 9.59 Å². The molecule has 2 fully saturated rings. The second kappa shape index (κ2) is 11.2. The molecule has 2 amide bonds. The van der Waals surface area contributed by atoms with E-state index in [1.54, 1.807) is 29.4 Å². The van der Waals surface area contributed by atoms with E-state index in [4.69, 9.17) is 18.6 Å². The average molecular weight is 458 g/mol. The highest BCUT2D eigenvalue weighted by Crippen LogP contribution is 2.29. The minimum absolute atomic E-state index is 0.00199. The largest absolute Gasteiger partial charge is 0.493 e. The first-order valence-corrected chi connectivity index (χ1v) is 11.4. The summed E-state index contributed by atoms with van der Waals surface area (Å²) in [4.78, 5) is 29.2. The lowest BCUT2D eigenvalue weighted by Crippen LogP contribution is -2.43. The minimum Gasteiger partial charge on any atom is -0.493 e. The predicted molar refractivity (Wildman–Crippen MR) is 120 cm³/mol. The molecule has 1 aromatic heterocycles. The Hall–Kier alpha value is -3.04. The van der Waals surface area contributed by atoms with Crippen molar-refractivity contribution >= 4 is 11.8 Å². The van der Waals surface area contributed by atoms with Crippen molar-refractivity contribution in [1.29, 1.82) is 0 Å². The number of hydrogen-bond donors (Lipinski definition) is 1. The summed E-state index contributed by atoms with van der Waals surface area (Å²) in [6, 6.07) is 8.77. The molecule has 0 unspecified atom stereocenters. The second-order valence-electron chi connectivity index (χ2n) is 8.13. The van der Waals surface area contributed by atoms with Gasteiger partial charge in [0.25, 0.3) is 11.8 Å². The topological polar surface area (TPSA) is 93.5 Å². The van der Waals surface area contributed by atoms with E-state index in [0.717, 1.165) is 31.7 Å². The van der Waals surface area contributed by atoms with Crippen LogP contribution in [0.15, 0.2) is 41.0 Å². The van der Waals surface area contributed by atoms with Gasteiger partial charge in [-0.25, -0.2) is 0 Å². The van der Waals surface area contributed by atoms with Crippen molar-refractivity contribution in [3.63, 3.8) is 0 Å². The summed E-state index contributed by atoms with van der Waals surface area (Å²) in [5.74, 6) is 1.36. The van der Waals surface area contributed by atoms with Gasteiger partial charge in [0.1, 0.15) is 5.76 Å². The first-order chi connectivity index (χ1) is 16.2. The Kier molecular flexibility index (Phi) is 7.85. The van der Waals surface area contributed by atoms with Gasteiger partial charge in [-0.3, -0.25) is 14.5 Å². The summed E-state index contributed by atoms with van der Waals surface area (Å²) in [5, 5.41) is 3.02. The van der Waals surface area contributed by atoms with Crippen LogP contribution in [0, 0.1) is 0 Å². The highest BCUT2D eigenvalue weighted by Gasteiger charge is 2.26. The summed E-state index contributed by atoms with van der Waals surface area (Å²) >= 11 is 0. The molecule has 2 aliphatic heterocycles. The molecule has 9 nitrogen and oxygen atoms in total. The van der Waals surface area contributed by atoms with Gasteiger partial charge in [-0.15, -0.1) is 0 Å². The molecule has 0 saturated carbocycles. The Balaban J connectivity index is 1.36. The van der Waals surface area contributed by atoms with Gasteiger partial charge in [0, 0.05) is 25.2 Å². The number of amides is 2. The maximum Gasteiger partial charge on any atom is 0.260 e. The van der Waals surface area contributed by atoms with Crippen LogP contribution in [-0.2, 0) is 9.53 Å². The Morgan fingerprint density at radius 3 is 2.58 bits per heavy atom. The third-order valence-corrected chi connectivity index (χ3v) is 6.05. The van der Waals surface area contributed by atoms with E-state index in [1.807, 2.05) is 12.1 Å². The molecule has 2 aromatic rings. The third-order valence-electron chi connectivity index (χ3n) is 6.05. The average Bonchev–Trinajstić information content (AvgIpc) is 3.58. The van der Waals surface area contributed by atoms with Crippen LogP contribution in [0.1, 0.15) is 35.0 Å². The van der Waals surface area contributed by atoms with Gasteiger partial charge >= 0.3 is 0 Å². The molecule has 0 spiro atoms. The Morgan fingerprint density at radius 2 is 1.88 bits per heavy atom. The number of likely N-dealkylation sites (tertiary alicyclic amines) is 1. The number of methoxy groups -OCH3 is 1. The molecule has 4 rings (SSSR count). The quantitative estimate of drug-likeness (QED) is 0.616. The summed E-state index contributed by atoms with van der Waals surface area (Å²) in [5.41, 5.74) is 0.457. The lowest BCUT2D eigenvalue weighted by Gasteiger charge is -2.26. The zero-order chi connectivity index (χ0) is 23.0. The lowest BCUT2D eigenvalue weighted by molar-refractivity contribution is -0.137. The van der Waals surface area contributed by atoms with Crippen LogP contribution in [0.4, 0.5) is 0 Å². The number of benzene rings is 1. The van der Waals surface area contributed by atoms with Crippen molar-refractivity contribution in [2.24, 2.45) is 0 Å². The first-order valence-electron chi connectivity index (χ1n) is 11.4. The summed E-state index contributed by atoms with van der Waals surface area (Å²) in [7, 11) is 1.51. The van der Waals surface area contributed by atoms with E-state index >= 15 is 0 Å². The fourth-order valence-corrected chi connectivity index (χ4v) is 4.21. The fourth-order valence-electron chi connectivity index (χ4n) is 4.21. The van der Waals surface area contributed by atoms with Crippen molar-refractivity contribution in [1.82, 2.24) is 15.1 Å². The highest BCUT2D eigenvalue weighted by atomic mass is 16.5. The predicted octanol–water partition coefficient (Wildman–Crippen LogP) is 2.09. The standard InChI is InChI=1S/C24H31N3O6/c1-30-22-15-18(6-7-21(22)33-17-23(28)27-10-13-31-14-11-27)24(29)25-16-19(20-5-4-12-32-20)26-8-2-3-9-26/h4-7,12,15,19H,2-3,8-11,13-14,16-17H2,1H3,(H,25,29)/t19-/m1/s1. The minimum atomic E-state index is -0.208. The Bertz CT molecular complexity index is 920. The Labute approximate surface area is 193 Å². The number of ether oxygens (including phenoxy) is 3. The molecule has 2 aliphatic rings. The number of furan rings is 1. The van der Waals surface area contributed by atoms with E-state index in [1.165, 1.54) is 7.11 Å². The van der Waals surface area contributed by atoms with Crippen LogP contribution in [0.25, 0.3) is 0 Å². The molecule has 0 aliphatic carbocycles. The normalized spacial score (nSPS) is 17.5. The van der Waals surface area contributed by atoms with Crippen LogP contribution in [0.5, 0.6) is 11.5 Å². The summed E-state index contributed by atoms with van der Waals surface area (Å²) < 4.78 is 22.0. The summed E-state index contributed by atoms with van der Waals surface area (Å²) in [6.07, 6.45) is 3.96. The van der Waals surface area contributed by atoms with Crippen molar-refractivity contribution in [3.05, 3.63) is 47.9 Å². The van der Waals surface area contributed by atoms with Crippen LogP contribution in [-0.4, -0.2) is 81.3 Å². The van der Waals surface area contributed by atoms with Gasteiger partial charge < -0.3 is 28.8 Å². The highest BCUT2D eigenvalue weighted by molar-refractivity contribution is 5.95. The molecule has 1 aromatic carbocycles. The lowest BCUT2D eigenvalue weighted by atomic mass is 10.1. The molecular formula is C24H31N3O6. The number of carbonyl (C=O) groups is 2. The van der Waals surface area contributed by atoms with Gasteiger partial charge in [0.05, 0.1) is 32.6 Å². The molecule has 1 N–H and O–H groups in total. The van der Waals surface area contributed by atoms with Gasteiger partial charge in [-0.1, -0.05) is 0 Å². The number of morpholine rings is 1.